The molecule has 0 unspecified atom stereocenters. The Morgan fingerprint density at radius 1 is 0.750 bits per heavy atom. The first-order valence-electron chi connectivity index (χ1n) is 5.52. The van der Waals surface area contributed by atoms with Gasteiger partial charge in [-0.2, -0.15) is 0 Å². The average molecular weight is 243 g/mol. The van der Waals surface area contributed by atoms with Gasteiger partial charge < -0.3 is 0 Å². The van der Waals surface area contributed by atoms with Gasteiger partial charge in [-0.3, -0.25) is 0 Å². The molecule has 0 radical (unpaired) electrons. The Kier molecular flexibility index (Phi) is 3.50. The van der Waals surface area contributed by atoms with Crippen LogP contribution in [0, 0.1) is 0 Å². The van der Waals surface area contributed by atoms with Crippen LogP contribution in [0.15, 0.2) is 0 Å². The first-order chi connectivity index (χ1) is 5.88. The summed E-state index contributed by atoms with van der Waals surface area (Å²) in [4.78, 5) is 0. The molecule has 0 saturated heterocycles. The van der Waals surface area contributed by atoms with Gasteiger partial charge in [-0.1, -0.05) is 0 Å². The van der Waals surface area contributed by atoms with Gasteiger partial charge in [0.15, 0.2) is 0 Å². The third-order valence-electron chi connectivity index (χ3n) is 3.70. The fraction of sp³-hybridized carbons (Fsp3) is 1.00. The summed E-state index contributed by atoms with van der Waals surface area (Å²) >= 11 is -1.31. The van der Waals surface area contributed by atoms with Crippen LogP contribution in [0.3, 0.4) is 0 Å². The number of halogens is 1. The van der Waals surface area contributed by atoms with Crippen molar-refractivity contribution in [1.82, 2.24) is 0 Å². The topological polar surface area (TPSA) is 0 Å². The van der Waals surface area contributed by atoms with Crippen LogP contribution >= 0.6 is 9.64 Å². The van der Waals surface area contributed by atoms with Gasteiger partial charge in [0, 0.05) is 0 Å². The predicted octanol–water partition coefficient (Wildman–Crippen LogP) is 4.11. The van der Waals surface area contributed by atoms with Gasteiger partial charge >= 0.3 is 85.2 Å². The van der Waals surface area contributed by atoms with Gasteiger partial charge in [-0.05, 0) is 0 Å². The second-order valence-corrected chi connectivity index (χ2v) is 13.0. The van der Waals surface area contributed by atoms with Crippen LogP contribution in [-0.2, 0) is 0 Å². The van der Waals surface area contributed by atoms with Gasteiger partial charge in [0.25, 0.3) is 0 Å². The molecular formula is C10H18ClGa. The molecule has 0 atom stereocenters. The molecule has 0 aromatic heterocycles. The molecule has 12 heavy (non-hydrogen) atoms. The summed E-state index contributed by atoms with van der Waals surface area (Å²) in [5.74, 6) is 0. The molecule has 2 saturated carbocycles. The molecule has 0 bridgehead atoms. The van der Waals surface area contributed by atoms with Crippen molar-refractivity contribution in [2.75, 3.05) is 0 Å². The zero-order valence-corrected chi connectivity index (χ0v) is 10.9. The Balaban J connectivity index is 1.84. The molecule has 0 aromatic rings. The number of hydrogen-bond donors (Lipinski definition) is 0. The van der Waals surface area contributed by atoms with Gasteiger partial charge in [-0.25, -0.2) is 0 Å². The summed E-state index contributed by atoms with van der Waals surface area (Å²) in [5, 5.41) is 0. The summed E-state index contributed by atoms with van der Waals surface area (Å²) in [7, 11) is 6.68. The van der Waals surface area contributed by atoms with Crippen LogP contribution in [-0.4, -0.2) is 15.2 Å². The van der Waals surface area contributed by atoms with E-state index in [2.05, 4.69) is 0 Å². The molecule has 2 aliphatic rings. The first-order valence-corrected chi connectivity index (χ1v) is 11.5. The Bertz CT molecular complexity index is 121. The zero-order chi connectivity index (χ0) is 8.39. The molecule has 0 spiro atoms. The summed E-state index contributed by atoms with van der Waals surface area (Å²) in [6, 6.07) is 0. The molecule has 68 valence electrons. The molecule has 0 N–H and O–H groups in total. The Labute approximate surface area is 85.1 Å². The molecule has 2 aliphatic carbocycles. The summed E-state index contributed by atoms with van der Waals surface area (Å²) in [5.41, 5.74) is 0. The van der Waals surface area contributed by atoms with Crippen molar-refractivity contribution in [3.05, 3.63) is 0 Å². The Morgan fingerprint density at radius 3 is 1.42 bits per heavy atom. The number of rotatable bonds is 2. The van der Waals surface area contributed by atoms with Crippen LogP contribution < -0.4 is 0 Å². The van der Waals surface area contributed by atoms with Gasteiger partial charge in [0.05, 0.1) is 0 Å². The van der Waals surface area contributed by atoms with Crippen LogP contribution in [0.1, 0.15) is 51.4 Å². The maximum absolute atomic E-state index is 6.68. The van der Waals surface area contributed by atoms with E-state index in [0.717, 1.165) is 8.94 Å². The van der Waals surface area contributed by atoms with E-state index in [1.807, 2.05) is 0 Å². The molecule has 0 aromatic carbocycles. The normalized spacial score (nSPS) is 26.8. The second kappa shape index (κ2) is 4.43. The Morgan fingerprint density at radius 2 is 1.08 bits per heavy atom. The van der Waals surface area contributed by atoms with Gasteiger partial charge in [-0.15, -0.1) is 0 Å². The molecular weight excluding hydrogens is 225 g/mol. The van der Waals surface area contributed by atoms with E-state index in [4.69, 9.17) is 9.64 Å². The monoisotopic (exact) mass is 242 g/mol. The summed E-state index contributed by atoms with van der Waals surface area (Å²) in [6.07, 6.45) is 11.9. The van der Waals surface area contributed by atoms with Gasteiger partial charge in [0.2, 0.25) is 0 Å². The third kappa shape index (κ3) is 2.05. The van der Waals surface area contributed by atoms with Crippen molar-refractivity contribution in [1.29, 1.82) is 0 Å². The molecule has 2 fully saturated rings. The third-order valence-corrected chi connectivity index (χ3v) is 14.0. The fourth-order valence-corrected chi connectivity index (χ4v) is 11.8. The van der Waals surface area contributed by atoms with Crippen molar-refractivity contribution in [3.63, 3.8) is 0 Å². The van der Waals surface area contributed by atoms with Crippen LogP contribution in [0.2, 0.25) is 8.94 Å². The first kappa shape index (κ1) is 9.48. The molecule has 0 nitrogen and oxygen atoms in total. The average Bonchev–Trinajstić information content (AvgIpc) is 2.77. The minimum atomic E-state index is -1.31. The maximum atomic E-state index is 6.68. The van der Waals surface area contributed by atoms with Crippen LogP contribution in [0.5, 0.6) is 0 Å². The van der Waals surface area contributed by atoms with E-state index in [-0.39, 0.29) is 0 Å². The van der Waals surface area contributed by atoms with E-state index in [0.29, 0.717) is 0 Å². The van der Waals surface area contributed by atoms with E-state index >= 15 is 0 Å². The fourth-order valence-electron chi connectivity index (χ4n) is 2.94. The van der Waals surface area contributed by atoms with E-state index < -0.39 is 15.2 Å². The van der Waals surface area contributed by atoms with Crippen molar-refractivity contribution < 1.29 is 0 Å². The van der Waals surface area contributed by atoms with E-state index in [1.54, 1.807) is 0 Å². The molecule has 2 heteroatoms. The van der Waals surface area contributed by atoms with Crippen molar-refractivity contribution >= 4 is 24.9 Å². The van der Waals surface area contributed by atoms with Crippen molar-refractivity contribution in [3.8, 4) is 0 Å². The minimum absolute atomic E-state index is 1.06. The predicted molar refractivity (Wildman–Crippen MR) is 56.0 cm³/mol. The quantitative estimate of drug-likeness (QED) is 0.640. The van der Waals surface area contributed by atoms with Crippen molar-refractivity contribution in [2.45, 2.75) is 60.3 Å². The van der Waals surface area contributed by atoms with E-state index in [9.17, 15) is 0 Å². The Hall–Kier alpha value is 0.926. The molecule has 0 aliphatic heterocycles. The van der Waals surface area contributed by atoms with Crippen LogP contribution in [0.4, 0.5) is 0 Å². The van der Waals surface area contributed by atoms with Crippen LogP contribution in [0.25, 0.3) is 0 Å². The number of hydrogen-bond acceptors (Lipinski definition) is 0. The molecule has 0 amide bonds. The zero-order valence-electron chi connectivity index (χ0n) is 7.77. The summed E-state index contributed by atoms with van der Waals surface area (Å²) in [6.45, 7) is 0. The summed E-state index contributed by atoms with van der Waals surface area (Å²) < 4.78 is 2.12. The standard InChI is InChI=1S/2C5H9.ClH.Ga/c2*1-2-4-5-3-1;;/h2*1H,2-5H2;1H;/q;;;+1/p-1. The van der Waals surface area contributed by atoms with Crippen molar-refractivity contribution in [2.24, 2.45) is 0 Å². The van der Waals surface area contributed by atoms with E-state index in [1.165, 1.54) is 51.4 Å². The molecule has 0 heterocycles. The second-order valence-electron chi connectivity index (χ2n) is 4.53. The molecule has 2 rings (SSSR count). The van der Waals surface area contributed by atoms with Gasteiger partial charge in [0.1, 0.15) is 0 Å². The SMILES string of the molecule is [Cl][Ga]([CH]1CCCC1)[CH]1CCCC1.